The molecule has 78 valence electrons. The third-order valence-corrected chi connectivity index (χ3v) is 2.56. The summed E-state index contributed by atoms with van der Waals surface area (Å²) in [6, 6.07) is 8.26. The number of halogens is 1. The number of rotatable bonds is 5. The van der Waals surface area contributed by atoms with Gasteiger partial charge in [-0.1, -0.05) is 26.0 Å². The Morgan fingerprint density at radius 2 is 1.93 bits per heavy atom. The van der Waals surface area contributed by atoms with E-state index in [-0.39, 0.29) is 0 Å². The highest BCUT2D eigenvalue weighted by Crippen LogP contribution is 2.21. The van der Waals surface area contributed by atoms with Gasteiger partial charge >= 0.3 is 0 Å². The summed E-state index contributed by atoms with van der Waals surface area (Å²) in [5.74, 6) is 2.06. The quantitative estimate of drug-likeness (QED) is 0.675. The van der Waals surface area contributed by atoms with Gasteiger partial charge in [0.2, 0.25) is 0 Å². The van der Waals surface area contributed by atoms with Crippen LogP contribution in [0.4, 0.5) is 0 Å². The number of ether oxygens (including phenoxy) is 1. The lowest BCUT2D eigenvalue weighted by atomic mass is 9.99. The molecule has 1 nitrogen and oxygen atoms in total. The molecule has 1 rings (SSSR count). The highest BCUT2D eigenvalue weighted by Gasteiger charge is 2.02. The molecule has 0 amide bonds. The van der Waals surface area contributed by atoms with Gasteiger partial charge in [-0.05, 0) is 30.0 Å². The largest absolute Gasteiger partial charge is 0.492 e. The van der Waals surface area contributed by atoms with Crippen molar-refractivity contribution in [2.24, 2.45) is 0 Å². The Morgan fingerprint density at radius 3 is 2.43 bits per heavy atom. The van der Waals surface area contributed by atoms with E-state index < -0.39 is 0 Å². The molecule has 0 fully saturated rings. The van der Waals surface area contributed by atoms with Crippen LogP contribution in [-0.2, 0) is 0 Å². The molecule has 1 atom stereocenters. The summed E-state index contributed by atoms with van der Waals surface area (Å²) in [5.41, 5.74) is 1.37. The van der Waals surface area contributed by atoms with Crippen molar-refractivity contribution in [3.05, 3.63) is 29.8 Å². The fourth-order valence-corrected chi connectivity index (χ4v) is 1.36. The standard InChI is InChI=1S/C12H17ClO/c1-3-10(2)11-4-6-12(7-5-11)14-9-8-13/h4-7,10H,3,8-9H2,1-2H3. The molecular formula is C12H17ClO. The molecule has 1 unspecified atom stereocenters. The lowest BCUT2D eigenvalue weighted by Crippen LogP contribution is -1.98. The maximum Gasteiger partial charge on any atom is 0.119 e. The van der Waals surface area contributed by atoms with Crippen molar-refractivity contribution in [3.63, 3.8) is 0 Å². The summed E-state index contributed by atoms with van der Waals surface area (Å²) in [7, 11) is 0. The number of alkyl halides is 1. The lowest BCUT2D eigenvalue weighted by molar-refractivity contribution is 0.342. The maximum absolute atomic E-state index is 5.53. The summed E-state index contributed by atoms with van der Waals surface area (Å²) in [4.78, 5) is 0. The van der Waals surface area contributed by atoms with Gasteiger partial charge in [0.15, 0.2) is 0 Å². The highest BCUT2D eigenvalue weighted by atomic mass is 35.5. The molecule has 0 saturated heterocycles. The molecule has 1 aromatic rings. The molecule has 0 aliphatic heterocycles. The van der Waals surface area contributed by atoms with Crippen molar-refractivity contribution < 1.29 is 4.74 Å². The number of hydrogen-bond acceptors (Lipinski definition) is 1. The van der Waals surface area contributed by atoms with Gasteiger partial charge in [-0.25, -0.2) is 0 Å². The normalized spacial score (nSPS) is 12.5. The van der Waals surface area contributed by atoms with Crippen LogP contribution in [0, 0.1) is 0 Å². The lowest BCUT2D eigenvalue weighted by Gasteiger charge is -2.10. The zero-order valence-electron chi connectivity index (χ0n) is 8.79. The second kappa shape index (κ2) is 5.92. The molecule has 0 bridgehead atoms. The monoisotopic (exact) mass is 212 g/mol. The Hall–Kier alpha value is -0.690. The van der Waals surface area contributed by atoms with Gasteiger partial charge < -0.3 is 4.74 Å². The Kier molecular flexibility index (Phi) is 4.81. The molecule has 0 N–H and O–H groups in total. The second-order valence-electron chi connectivity index (χ2n) is 3.42. The molecule has 0 aromatic heterocycles. The fraction of sp³-hybridized carbons (Fsp3) is 0.500. The molecule has 0 heterocycles. The first-order valence-corrected chi connectivity index (χ1v) is 5.60. The van der Waals surface area contributed by atoms with Gasteiger partial charge in [-0.2, -0.15) is 0 Å². The van der Waals surface area contributed by atoms with Gasteiger partial charge in [0.05, 0.1) is 5.88 Å². The summed E-state index contributed by atoms with van der Waals surface area (Å²) < 4.78 is 5.39. The summed E-state index contributed by atoms with van der Waals surface area (Å²) in [6.45, 7) is 5.00. The number of hydrogen-bond donors (Lipinski definition) is 0. The Bertz CT molecular complexity index is 256. The van der Waals surface area contributed by atoms with Crippen LogP contribution >= 0.6 is 11.6 Å². The molecule has 0 radical (unpaired) electrons. The Morgan fingerprint density at radius 1 is 1.29 bits per heavy atom. The SMILES string of the molecule is CCC(C)c1ccc(OCCCl)cc1. The van der Waals surface area contributed by atoms with E-state index in [1.54, 1.807) is 0 Å². The third kappa shape index (κ3) is 3.22. The van der Waals surface area contributed by atoms with Crippen molar-refractivity contribution in [2.45, 2.75) is 26.2 Å². The van der Waals surface area contributed by atoms with Crippen LogP contribution < -0.4 is 4.74 Å². The summed E-state index contributed by atoms with van der Waals surface area (Å²) >= 11 is 5.53. The van der Waals surface area contributed by atoms with Crippen molar-refractivity contribution in [1.82, 2.24) is 0 Å². The molecule has 14 heavy (non-hydrogen) atoms. The van der Waals surface area contributed by atoms with Crippen LogP contribution in [0.25, 0.3) is 0 Å². The Labute approximate surface area is 91.0 Å². The summed E-state index contributed by atoms with van der Waals surface area (Å²) in [5, 5.41) is 0. The van der Waals surface area contributed by atoms with Gasteiger partial charge in [0.1, 0.15) is 12.4 Å². The van der Waals surface area contributed by atoms with E-state index in [1.807, 2.05) is 12.1 Å². The zero-order chi connectivity index (χ0) is 10.4. The average molecular weight is 213 g/mol. The first-order valence-electron chi connectivity index (χ1n) is 5.06. The topological polar surface area (TPSA) is 9.23 Å². The predicted octanol–water partition coefficient (Wildman–Crippen LogP) is 3.82. The molecule has 0 aliphatic carbocycles. The van der Waals surface area contributed by atoms with Crippen LogP contribution in [0.2, 0.25) is 0 Å². The summed E-state index contributed by atoms with van der Waals surface area (Å²) in [6.07, 6.45) is 1.17. The molecule has 1 aromatic carbocycles. The highest BCUT2D eigenvalue weighted by molar-refractivity contribution is 6.17. The van der Waals surface area contributed by atoms with Crippen LogP contribution in [0.1, 0.15) is 31.7 Å². The van der Waals surface area contributed by atoms with Gasteiger partial charge in [-0.15, -0.1) is 11.6 Å². The van der Waals surface area contributed by atoms with Crippen molar-refractivity contribution in [2.75, 3.05) is 12.5 Å². The molecule has 2 heteroatoms. The van der Waals surface area contributed by atoms with Crippen LogP contribution in [0.15, 0.2) is 24.3 Å². The minimum atomic E-state index is 0.535. The van der Waals surface area contributed by atoms with Gasteiger partial charge in [0, 0.05) is 0 Å². The van der Waals surface area contributed by atoms with Crippen molar-refractivity contribution in [3.8, 4) is 5.75 Å². The average Bonchev–Trinajstić information content (AvgIpc) is 2.26. The van der Waals surface area contributed by atoms with Gasteiger partial charge in [-0.3, -0.25) is 0 Å². The van der Waals surface area contributed by atoms with E-state index in [4.69, 9.17) is 16.3 Å². The van der Waals surface area contributed by atoms with E-state index in [0.717, 1.165) is 5.75 Å². The van der Waals surface area contributed by atoms with Crippen LogP contribution in [-0.4, -0.2) is 12.5 Å². The number of benzene rings is 1. The van der Waals surface area contributed by atoms with Gasteiger partial charge in [0.25, 0.3) is 0 Å². The smallest absolute Gasteiger partial charge is 0.119 e. The second-order valence-corrected chi connectivity index (χ2v) is 3.79. The van der Waals surface area contributed by atoms with Crippen molar-refractivity contribution in [1.29, 1.82) is 0 Å². The minimum absolute atomic E-state index is 0.535. The van der Waals surface area contributed by atoms with E-state index >= 15 is 0 Å². The third-order valence-electron chi connectivity index (χ3n) is 2.41. The van der Waals surface area contributed by atoms with Crippen LogP contribution in [0.5, 0.6) is 5.75 Å². The predicted molar refractivity (Wildman–Crippen MR) is 61.4 cm³/mol. The maximum atomic E-state index is 5.53. The first-order chi connectivity index (χ1) is 6.77. The van der Waals surface area contributed by atoms with Crippen molar-refractivity contribution >= 4 is 11.6 Å². The van der Waals surface area contributed by atoms with E-state index in [1.165, 1.54) is 12.0 Å². The first kappa shape index (κ1) is 11.4. The molecular weight excluding hydrogens is 196 g/mol. The van der Waals surface area contributed by atoms with E-state index in [0.29, 0.717) is 18.4 Å². The Balaban J connectivity index is 2.59. The van der Waals surface area contributed by atoms with E-state index in [9.17, 15) is 0 Å². The molecule has 0 saturated carbocycles. The zero-order valence-corrected chi connectivity index (χ0v) is 9.55. The van der Waals surface area contributed by atoms with E-state index in [2.05, 4.69) is 26.0 Å². The molecule has 0 spiro atoms. The van der Waals surface area contributed by atoms with Crippen LogP contribution in [0.3, 0.4) is 0 Å². The molecule has 0 aliphatic rings. The minimum Gasteiger partial charge on any atom is -0.492 e. The fourth-order valence-electron chi connectivity index (χ4n) is 1.28.